The van der Waals surface area contributed by atoms with Gasteiger partial charge < -0.3 is 10.1 Å². The van der Waals surface area contributed by atoms with Gasteiger partial charge in [-0.25, -0.2) is 4.98 Å². The van der Waals surface area contributed by atoms with Crippen molar-refractivity contribution in [1.82, 2.24) is 9.97 Å². The summed E-state index contributed by atoms with van der Waals surface area (Å²) < 4.78 is 5.38. The Labute approximate surface area is 153 Å². The Morgan fingerprint density at radius 3 is 2.88 bits per heavy atom. The van der Waals surface area contributed by atoms with Crippen molar-refractivity contribution in [2.24, 2.45) is 0 Å². The fourth-order valence-corrected chi connectivity index (χ4v) is 3.31. The molecule has 0 fully saturated rings. The summed E-state index contributed by atoms with van der Waals surface area (Å²) in [5.41, 5.74) is 2.02. The topological polar surface area (TPSA) is 84.4 Å². The van der Waals surface area contributed by atoms with Crippen LogP contribution in [0.25, 0.3) is 11.4 Å². The van der Waals surface area contributed by atoms with Crippen molar-refractivity contribution < 1.29 is 14.3 Å². The standard InChI is InChI=1S/C18H14N4O3S/c23-16(9-22-14-6-1-2-7-15(14)25-10-17(22)24)21-18-20-13(11-26-18)12-5-3-4-8-19-12/h1-8,11H,9-10H2,(H,20,21,23). The van der Waals surface area contributed by atoms with Gasteiger partial charge in [-0.05, 0) is 24.3 Å². The fourth-order valence-electron chi connectivity index (χ4n) is 2.59. The number of fused-ring (bicyclic) bond motifs is 1. The Bertz CT molecular complexity index is 958. The third-order valence-electron chi connectivity index (χ3n) is 3.79. The lowest BCUT2D eigenvalue weighted by molar-refractivity contribution is -0.123. The van der Waals surface area contributed by atoms with E-state index in [-0.39, 0.29) is 25.0 Å². The number of nitrogens with one attached hydrogen (secondary N) is 1. The van der Waals surface area contributed by atoms with E-state index in [9.17, 15) is 9.59 Å². The van der Waals surface area contributed by atoms with E-state index in [0.717, 1.165) is 5.69 Å². The van der Waals surface area contributed by atoms with E-state index in [1.54, 1.807) is 24.4 Å². The van der Waals surface area contributed by atoms with Crippen LogP contribution >= 0.6 is 11.3 Å². The normalized spacial score (nSPS) is 13.1. The predicted octanol–water partition coefficient (Wildman–Crippen LogP) is 2.57. The summed E-state index contributed by atoms with van der Waals surface area (Å²) in [6, 6.07) is 12.7. The molecule has 0 atom stereocenters. The second kappa shape index (κ2) is 6.93. The maximum Gasteiger partial charge on any atom is 0.265 e. The number of pyridine rings is 1. The number of rotatable bonds is 4. The molecule has 0 unspecified atom stereocenters. The first-order chi connectivity index (χ1) is 12.7. The van der Waals surface area contributed by atoms with Crippen LogP contribution in [0.3, 0.4) is 0 Å². The fraction of sp³-hybridized carbons (Fsp3) is 0.111. The maximum atomic E-state index is 12.4. The van der Waals surface area contributed by atoms with Gasteiger partial charge in [-0.3, -0.25) is 19.5 Å². The van der Waals surface area contributed by atoms with Gasteiger partial charge in [0.2, 0.25) is 5.91 Å². The van der Waals surface area contributed by atoms with Crippen LogP contribution in [0.1, 0.15) is 0 Å². The van der Waals surface area contributed by atoms with Crippen LogP contribution in [-0.2, 0) is 9.59 Å². The van der Waals surface area contributed by atoms with Crippen LogP contribution in [0.2, 0.25) is 0 Å². The Morgan fingerprint density at radius 1 is 1.19 bits per heavy atom. The van der Waals surface area contributed by atoms with Crippen molar-refractivity contribution >= 4 is 34.0 Å². The average molecular weight is 366 g/mol. The highest BCUT2D eigenvalue weighted by Gasteiger charge is 2.27. The van der Waals surface area contributed by atoms with E-state index < -0.39 is 0 Å². The van der Waals surface area contributed by atoms with E-state index in [4.69, 9.17) is 4.74 Å². The summed E-state index contributed by atoms with van der Waals surface area (Å²) in [5, 5.41) is 5.03. The molecule has 1 N–H and O–H groups in total. The number of para-hydroxylation sites is 2. The minimum atomic E-state index is -0.322. The number of aromatic nitrogens is 2. The van der Waals surface area contributed by atoms with Crippen molar-refractivity contribution in [1.29, 1.82) is 0 Å². The molecule has 0 radical (unpaired) electrons. The molecule has 3 heterocycles. The van der Waals surface area contributed by atoms with Crippen molar-refractivity contribution in [2.75, 3.05) is 23.4 Å². The molecule has 130 valence electrons. The number of benzene rings is 1. The van der Waals surface area contributed by atoms with E-state index >= 15 is 0 Å². The first kappa shape index (κ1) is 16.2. The van der Waals surface area contributed by atoms with Gasteiger partial charge in [0.15, 0.2) is 11.7 Å². The molecule has 26 heavy (non-hydrogen) atoms. The van der Waals surface area contributed by atoms with Gasteiger partial charge in [0.25, 0.3) is 5.91 Å². The molecule has 1 aliphatic heterocycles. The predicted molar refractivity (Wildman–Crippen MR) is 98.3 cm³/mol. The molecular formula is C18H14N4O3S. The summed E-state index contributed by atoms with van der Waals surface area (Å²) in [6.45, 7) is -0.178. The number of thiazole rings is 1. The van der Waals surface area contributed by atoms with Crippen molar-refractivity contribution in [2.45, 2.75) is 0 Å². The lowest BCUT2D eigenvalue weighted by atomic mass is 10.2. The molecule has 1 aliphatic rings. The minimum absolute atomic E-state index is 0.0780. The molecular weight excluding hydrogens is 352 g/mol. The molecule has 7 nitrogen and oxygen atoms in total. The summed E-state index contributed by atoms with van der Waals surface area (Å²) in [5.74, 6) is 0.00993. The SMILES string of the molecule is O=C(CN1C(=O)COc2ccccc21)Nc1nc(-c2ccccn2)cs1. The van der Waals surface area contributed by atoms with Crippen LogP contribution in [0.4, 0.5) is 10.8 Å². The zero-order valence-electron chi connectivity index (χ0n) is 13.6. The van der Waals surface area contributed by atoms with Gasteiger partial charge in [-0.15, -0.1) is 11.3 Å². The van der Waals surface area contributed by atoms with Crippen LogP contribution in [0.5, 0.6) is 5.75 Å². The lowest BCUT2D eigenvalue weighted by Crippen LogP contribution is -2.43. The van der Waals surface area contributed by atoms with E-state index in [1.807, 2.05) is 29.6 Å². The summed E-state index contributed by atoms with van der Waals surface area (Å²) in [7, 11) is 0. The average Bonchev–Trinajstić information content (AvgIpc) is 3.13. The second-order valence-corrected chi connectivity index (χ2v) is 6.40. The second-order valence-electron chi connectivity index (χ2n) is 5.54. The number of hydrogen-bond acceptors (Lipinski definition) is 6. The Balaban J connectivity index is 1.47. The molecule has 0 saturated heterocycles. The Morgan fingerprint density at radius 2 is 2.04 bits per heavy atom. The minimum Gasteiger partial charge on any atom is -0.482 e. The Kier molecular flexibility index (Phi) is 4.32. The van der Waals surface area contributed by atoms with E-state index in [2.05, 4.69) is 15.3 Å². The number of nitrogens with zero attached hydrogens (tertiary/aromatic N) is 3. The molecule has 0 spiro atoms. The maximum absolute atomic E-state index is 12.4. The van der Waals surface area contributed by atoms with Crippen molar-refractivity contribution in [3.8, 4) is 17.1 Å². The molecule has 4 rings (SSSR count). The van der Waals surface area contributed by atoms with Crippen LogP contribution in [0.15, 0.2) is 54.0 Å². The number of carbonyl (C=O) groups is 2. The van der Waals surface area contributed by atoms with Crippen LogP contribution < -0.4 is 15.0 Å². The van der Waals surface area contributed by atoms with Crippen molar-refractivity contribution in [3.05, 3.63) is 54.0 Å². The highest BCUT2D eigenvalue weighted by molar-refractivity contribution is 7.14. The highest BCUT2D eigenvalue weighted by atomic mass is 32.1. The van der Waals surface area contributed by atoms with Gasteiger partial charge in [0, 0.05) is 11.6 Å². The number of amides is 2. The molecule has 8 heteroatoms. The zero-order chi connectivity index (χ0) is 17.9. The summed E-state index contributed by atoms with van der Waals surface area (Å²) >= 11 is 1.31. The quantitative estimate of drug-likeness (QED) is 0.767. The van der Waals surface area contributed by atoms with Gasteiger partial charge in [-0.1, -0.05) is 18.2 Å². The number of ether oxygens (including phenoxy) is 1. The third-order valence-corrected chi connectivity index (χ3v) is 4.55. The molecule has 2 aromatic heterocycles. The highest BCUT2D eigenvalue weighted by Crippen LogP contribution is 2.31. The van der Waals surface area contributed by atoms with Crippen molar-refractivity contribution in [3.63, 3.8) is 0 Å². The van der Waals surface area contributed by atoms with Gasteiger partial charge in [0.1, 0.15) is 18.0 Å². The third kappa shape index (κ3) is 3.27. The van der Waals surface area contributed by atoms with Crippen LogP contribution in [0, 0.1) is 0 Å². The smallest absolute Gasteiger partial charge is 0.265 e. The molecule has 3 aromatic rings. The number of anilines is 2. The molecule has 0 aliphatic carbocycles. The van der Waals surface area contributed by atoms with Gasteiger partial charge in [-0.2, -0.15) is 0 Å². The largest absolute Gasteiger partial charge is 0.482 e. The van der Waals surface area contributed by atoms with E-state index in [0.29, 0.717) is 22.3 Å². The first-order valence-corrected chi connectivity index (χ1v) is 8.77. The molecule has 0 bridgehead atoms. The van der Waals surface area contributed by atoms with Gasteiger partial charge >= 0.3 is 0 Å². The van der Waals surface area contributed by atoms with Crippen LogP contribution in [-0.4, -0.2) is 34.9 Å². The lowest BCUT2D eigenvalue weighted by Gasteiger charge is -2.28. The monoisotopic (exact) mass is 366 g/mol. The zero-order valence-corrected chi connectivity index (χ0v) is 14.4. The first-order valence-electron chi connectivity index (χ1n) is 7.90. The summed E-state index contributed by atoms with van der Waals surface area (Å²) in [6.07, 6.45) is 1.69. The molecule has 2 amide bonds. The number of carbonyl (C=O) groups excluding carboxylic acids is 2. The summed E-state index contributed by atoms with van der Waals surface area (Å²) in [4.78, 5) is 34.5. The molecule has 1 aromatic carbocycles. The molecule has 0 saturated carbocycles. The number of hydrogen-bond donors (Lipinski definition) is 1. The van der Waals surface area contributed by atoms with E-state index in [1.165, 1.54) is 16.2 Å². The Hall–Kier alpha value is -3.26. The van der Waals surface area contributed by atoms with Gasteiger partial charge in [0.05, 0.1) is 11.4 Å².